The van der Waals surface area contributed by atoms with Crippen molar-refractivity contribution in [1.29, 1.82) is 0 Å². The molecule has 0 unspecified atom stereocenters. The maximum absolute atomic E-state index is 13.4. The zero-order valence-corrected chi connectivity index (χ0v) is 14.5. The van der Waals surface area contributed by atoms with Gasteiger partial charge >= 0.3 is 0 Å². The van der Waals surface area contributed by atoms with Gasteiger partial charge in [0, 0.05) is 12.0 Å². The van der Waals surface area contributed by atoms with E-state index >= 15 is 0 Å². The molecule has 1 aliphatic rings. The molecule has 0 spiro atoms. The number of hydrogen-bond donors (Lipinski definition) is 1. The van der Waals surface area contributed by atoms with Crippen LogP contribution in [0.2, 0.25) is 0 Å². The number of halogens is 1. The third kappa shape index (κ3) is 5.55. The lowest BCUT2D eigenvalue weighted by molar-refractivity contribution is 0.105. The molecule has 1 heterocycles. The van der Waals surface area contributed by atoms with Gasteiger partial charge in [0.15, 0.2) is 0 Å². The second-order valence-electron chi connectivity index (χ2n) is 6.44. The van der Waals surface area contributed by atoms with Gasteiger partial charge in [-0.05, 0) is 55.6 Å². The largest absolute Gasteiger partial charge is 0.494 e. The molecule has 0 radical (unpaired) electrons. The van der Waals surface area contributed by atoms with E-state index in [0.717, 1.165) is 25.3 Å². The van der Waals surface area contributed by atoms with Crippen LogP contribution in [-0.2, 0) is 11.3 Å². The minimum atomic E-state index is -0.215. The number of nitrogens with one attached hydrogen (secondary N) is 1. The van der Waals surface area contributed by atoms with Gasteiger partial charge in [0.25, 0.3) is 0 Å². The molecule has 0 aliphatic carbocycles. The number of rotatable bonds is 8. The molecule has 25 heavy (non-hydrogen) atoms. The predicted molar refractivity (Wildman–Crippen MR) is 97.5 cm³/mol. The van der Waals surface area contributed by atoms with Crippen molar-refractivity contribution in [2.24, 2.45) is 0 Å². The fourth-order valence-electron chi connectivity index (χ4n) is 3.14. The van der Waals surface area contributed by atoms with Crippen LogP contribution in [0.5, 0.6) is 5.75 Å². The van der Waals surface area contributed by atoms with Crippen LogP contribution in [0.25, 0.3) is 0 Å². The van der Waals surface area contributed by atoms with Crippen molar-refractivity contribution in [1.82, 2.24) is 5.32 Å². The van der Waals surface area contributed by atoms with Gasteiger partial charge in [-0.15, -0.1) is 0 Å². The van der Waals surface area contributed by atoms with Crippen LogP contribution in [0.1, 0.15) is 36.3 Å². The second-order valence-corrected chi connectivity index (χ2v) is 6.44. The molecule has 2 aromatic carbocycles. The summed E-state index contributed by atoms with van der Waals surface area (Å²) in [7, 11) is 0. The van der Waals surface area contributed by atoms with Gasteiger partial charge in [0.1, 0.15) is 11.6 Å². The molecular formula is C21H26FNO2. The van der Waals surface area contributed by atoms with E-state index < -0.39 is 0 Å². The van der Waals surface area contributed by atoms with Crippen molar-refractivity contribution in [3.8, 4) is 5.75 Å². The first-order chi connectivity index (χ1) is 12.3. The molecule has 0 aromatic heterocycles. The minimum absolute atomic E-state index is 0.215. The normalized spacial score (nSPS) is 15.2. The highest BCUT2D eigenvalue weighted by Crippen LogP contribution is 2.26. The molecule has 3 rings (SSSR count). The van der Waals surface area contributed by atoms with Crippen LogP contribution in [-0.4, -0.2) is 26.3 Å². The van der Waals surface area contributed by atoms with Crippen LogP contribution in [0.15, 0.2) is 48.5 Å². The first-order valence-electron chi connectivity index (χ1n) is 9.07. The summed E-state index contributed by atoms with van der Waals surface area (Å²) in [6.07, 6.45) is 3.20. The summed E-state index contributed by atoms with van der Waals surface area (Å²) < 4.78 is 24.7. The summed E-state index contributed by atoms with van der Waals surface area (Å²) in [5.41, 5.74) is 2.00. The van der Waals surface area contributed by atoms with Gasteiger partial charge in [0.2, 0.25) is 0 Å². The van der Waals surface area contributed by atoms with Crippen molar-refractivity contribution in [3.63, 3.8) is 0 Å². The number of hydrogen-bond acceptors (Lipinski definition) is 3. The molecule has 1 fully saturated rings. The van der Waals surface area contributed by atoms with Gasteiger partial charge in [0.05, 0.1) is 19.8 Å². The third-order valence-electron chi connectivity index (χ3n) is 4.61. The van der Waals surface area contributed by atoms with E-state index in [0.29, 0.717) is 31.3 Å². The summed E-state index contributed by atoms with van der Waals surface area (Å²) in [6.45, 7) is 3.68. The fourth-order valence-corrected chi connectivity index (χ4v) is 3.14. The Balaban J connectivity index is 1.33. The van der Waals surface area contributed by atoms with Crippen LogP contribution < -0.4 is 10.1 Å². The van der Waals surface area contributed by atoms with Crippen molar-refractivity contribution in [2.45, 2.75) is 31.8 Å². The first-order valence-corrected chi connectivity index (χ1v) is 9.07. The molecular weight excluding hydrogens is 317 g/mol. The highest BCUT2D eigenvalue weighted by Gasteiger charge is 2.14. The molecule has 1 saturated heterocycles. The SMILES string of the molecule is Fc1ccccc1COCCCOc1ccc(C2CCNCC2)cc1. The predicted octanol–water partition coefficient (Wildman–Crippen LogP) is 4.28. The Morgan fingerprint density at radius 2 is 1.72 bits per heavy atom. The van der Waals surface area contributed by atoms with Gasteiger partial charge < -0.3 is 14.8 Å². The molecule has 4 heteroatoms. The summed E-state index contributed by atoms with van der Waals surface area (Å²) >= 11 is 0. The molecule has 134 valence electrons. The van der Waals surface area contributed by atoms with Gasteiger partial charge in [-0.2, -0.15) is 0 Å². The van der Waals surface area contributed by atoms with E-state index in [2.05, 4.69) is 29.6 Å². The smallest absolute Gasteiger partial charge is 0.128 e. The van der Waals surface area contributed by atoms with E-state index in [1.807, 2.05) is 6.07 Å². The number of benzene rings is 2. The van der Waals surface area contributed by atoms with Crippen molar-refractivity contribution >= 4 is 0 Å². The van der Waals surface area contributed by atoms with E-state index in [-0.39, 0.29) is 5.82 Å². The van der Waals surface area contributed by atoms with E-state index in [9.17, 15) is 4.39 Å². The zero-order valence-electron chi connectivity index (χ0n) is 14.5. The topological polar surface area (TPSA) is 30.5 Å². The summed E-state index contributed by atoms with van der Waals surface area (Å²) in [5.74, 6) is 1.35. The molecule has 0 bridgehead atoms. The Kier molecular flexibility index (Phi) is 6.83. The minimum Gasteiger partial charge on any atom is -0.494 e. The Morgan fingerprint density at radius 3 is 2.48 bits per heavy atom. The van der Waals surface area contributed by atoms with Crippen LogP contribution in [0.4, 0.5) is 4.39 Å². The van der Waals surface area contributed by atoms with Crippen molar-refractivity contribution in [2.75, 3.05) is 26.3 Å². The molecule has 2 aromatic rings. The lowest BCUT2D eigenvalue weighted by Crippen LogP contribution is -2.26. The quantitative estimate of drug-likeness (QED) is 0.726. The van der Waals surface area contributed by atoms with Crippen molar-refractivity contribution in [3.05, 3.63) is 65.5 Å². The number of piperidine rings is 1. The van der Waals surface area contributed by atoms with E-state index in [1.165, 1.54) is 24.5 Å². The standard InChI is InChI=1S/C21H26FNO2/c22-21-5-2-1-4-19(21)16-24-14-3-15-25-20-8-6-17(7-9-20)18-10-12-23-13-11-18/h1-2,4-9,18,23H,3,10-16H2. The maximum Gasteiger partial charge on any atom is 0.128 e. The lowest BCUT2D eigenvalue weighted by atomic mass is 9.90. The van der Waals surface area contributed by atoms with Crippen LogP contribution in [0, 0.1) is 5.82 Å². The summed E-state index contributed by atoms with van der Waals surface area (Å²) in [5, 5.41) is 3.40. The summed E-state index contributed by atoms with van der Waals surface area (Å²) in [6, 6.07) is 15.2. The van der Waals surface area contributed by atoms with Gasteiger partial charge in [-0.3, -0.25) is 0 Å². The first kappa shape index (κ1) is 17.9. The Labute approximate surface area is 149 Å². The average molecular weight is 343 g/mol. The zero-order chi connectivity index (χ0) is 17.3. The average Bonchev–Trinajstić information content (AvgIpc) is 2.67. The van der Waals surface area contributed by atoms with E-state index in [1.54, 1.807) is 12.1 Å². The molecule has 0 saturated carbocycles. The number of ether oxygens (including phenoxy) is 2. The Morgan fingerprint density at radius 1 is 0.960 bits per heavy atom. The van der Waals surface area contributed by atoms with E-state index in [4.69, 9.17) is 9.47 Å². The molecule has 1 aliphatic heterocycles. The van der Waals surface area contributed by atoms with Crippen LogP contribution >= 0.6 is 0 Å². The monoisotopic (exact) mass is 343 g/mol. The highest BCUT2D eigenvalue weighted by atomic mass is 19.1. The highest BCUT2D eigenvalue weighted by molar-refractivity contribution is 5.29. The maximum atomic E-state index is 13.4. The third-order valence-corrected chi connectivity index (χ3v) is 4.61. The van der Waals surface area contributed by atoms with Crippen molar-refractivity contribution < 1.29 is 13.9 Å². The molecule has 1 N–H and O–H groups in total. The molecule has 0 amide bonds. The molecule has 3 nitrogen and oxygen atoms in total. The van der Waals surface area contributed by atoms with Gasteiger partial charge in [-0.1, -0.05) is 30.3 Å². The lowest BCUT2D eigenvalue weighted by Gasteiger charge is -2.23. The van der Waals surface area contributed by atoms with Gasteiger partial charge in [-0.25, -0.2) is 4.39 Å². The van der Waals surface area contributed by atoms with Crippen LogP contribution in [0.3, 0.4) is 0 Å². The Bertz CT molecular complexity index is 639. The summed E-state index contributed by atoms with van der Waals surface area (Å²) in [4.78, 5) is 0. The fraction of sp³-hybridized carbons (Fsp3) is 0.429. The molecule has 0 atom stereocenters. The Hall–Kier alpha value is -1.91. The second kappa shape index (κ2) is 9.54.